The van der Waals surface area contributed by atoms with Gasteiger partial charge in [0.05, 0.1) is 6.61 Å². The van der Waals surface area contributed by atoms with Gasteiger partial charge in [0.2, 0.25) is 0 Å². The minimum absolute atomic E-state index is 0.347. The average molecular weight is 299 g/mol. The predicted molar refractivity (Wildman–Crippen MR) is 84.5 cm³/mol. The molecule has 96 valence electrons. The zero-order valence-electron chi connectivity index (χ0n) is 9.73. The van der Waals surface area contributed by atoms with Crippen LogP contribution in [0.4, 0.5) is 0 Å². The Morgan fingerprint density at radius 2 is 1.44 bits per heavy atom. The van der Waals surface area contributed by atoms with Crippen molar-refractivity contribution < 1.29 is 5.11 Å². The Balaban J connectivity index is 2.16. The number of rotatable bonds is 1. The lowest BCUT2D eigenvalue weighted by atomic mass is 10.5. The Labute approximate surface area is 117 Å². The summed E-state index contributed by atoms with van der Waals surface area (Å²) in [5.41, 5.74) is 0. The molecule has 1 N–H and O–H groups in total. The Bertz CT molecular complexity index is 143. The Hall–Kier alpha value is 1.36. The molecule has 5 heteroatoms. The van der Waals surface area contributed by atoms with Gasteiger partial charge in [-0.25, -0.2) is 0 Å². The number of hydrogen-bond acceptors (Lipinski definition) is 5. The third-order valence-electron chi connectivity index (χ3n) is 2.24. The second kappa shape index (κ2) is 11.5. The second-order valence-electron chi connectivity index (χ2n) is 3.68. The predicted octanol–water partition coefficient (Wildman–Crippen LogP) is 3.07. The van der Waals surface area contributed by atoms with Crippen molar-refractivity contribution in [2.24, 2.45) is 0 Å². The standard InChI is InChI=1S/C11H22OS4/c12-9-11-10-15-5-1-3-13-7-8-14-4-2-6-16-11/h11-12H,1-10H2. The maximum absolute atomic E-state index is 9.25. The van der Waals surface area contributed by atoms with Crippen LogP contribution < -0.4 is 0 Å². The molecule has 0 amide bonds. The maximum Gasteiger partial charge on any atom is 0.0558 e. The minimum Gasteiger partial charge on any atom is -0.395 e. The van der Waals surface area contributed by atoms with Crippen molar-refractivity contribution in [3.8, 4) is 0 Å². The van der Waals surface area contributed by atoms with Crippen LogP contribution in [0.15, 0.2) is 0 Å². The van der Waals surface area contributed by atoms with Gasteiger partial charge >= 0.3 is 0 Å². The molecule has 1 unspecified atom stereocenters. The number of aliphatic hydroxyl groups excluding tert-OH is 1. The van der Waals surface area contributed by atoms with Crippen LogP contribution in [0.3, 0.4) is 0 Å². The van der Waals surface area contributed by atoms with E-state index >= 15 is 0 Å². The summed E-state index contributed by atoms with van der Waals surface area (Å²) in [5.74, 6) is 8.83. The van der Waals surface area contributed by atoms with Crippen LogP contribution in [-0.4, -0.2) is 57.2 Å². The molecule has 1 atom stereocenters. The van der Waals surface area contributed by atoms with Crippen molar-refractivity contribution in [1.29, 1.82) is 0 Å². The molecule has 0 radical (unpaired) electrons. The molecule has 1 fully saturated rings. The summed E-state index contributed by atoms with van der Waals surface area (Å²) in [7, 11) is 0. The van der Waals surface area contributed by atoms with Gasteiger partial charge in [-0.15, -0.1) is 0 Å². The first-order valence-corrected chi connectivity index (χ1v) is 10.4. The van der Waals surface area contributed by atoms with Crippen LogP contribution in [0.2, 0.25) is 0 Å². The van der Waals surface area contributed by atoms with Crippen LogP contribution in [0.5, 0.6) is 0 Å². The molecular weight excluding hydrogens is 276 g/mol. The van der Waals surface area contributed by atoms with E-state index in [-0.39, 0.29) is 0 Å². The van der Waals surface area contributed by atoms with E-state index in [9.17, 15) is 5.11 Å². The third kappa shape index (κ3) is 8.45. The molecule has 0 aromatic heterocycles. The SMILES string of the molecule is OCC1CSCCCSCCSCCCS1. The summed E-state index contributed by atoms with van der Waals surface area (Å²) >= 11 is 8.16. The lowest BCUT2D eigenvalue weighted by molar-refractivity contribution is 0.301. The summed E-state index contributed by atoms with van der Waals surface area (Å²) in [6.45, 7) is 0.347. The van der Waals surface area contributed by atoms with E-state index < -0.39 is 0 Å². The quantitative estimate of drug-likeness (QED) is 0.800. The Morgan fingerprint density at radius 1 is 0.812 bits per heavy atom. The van der Waals surface area contributed by atoms with E-state index in [2.05, 4.69) is 23.5 Å². The van der Waals surface area contributed by atoms with E-state index in [0.29, 0.717) is 11.9 Å². The first-order valence-electron chi connectivity index (χ1n) is 5.89. The topological polar surface area (TPSA) is 20.2 Å². The molecule has 1 aliphatic rings. The van der Waals surface area contributed by atoms with E-state index in [1.807, 2.05) is 23.5 Å². The molecule has 0 aromatic rings. The zero-order valence-corrected chi connectivity index (χ0v) is 13.0. The zero-order chi connectivity index (χ0) is 11.5. The molecule has 1 aliphatic heterocycles. The highest BCUT2D eigenvalue weighted by Gasteiger charge is 2.08. The second-order valence-corrected chi connectivity index (χ2v) is 8.69. The smallest absolute Gasteiger partial charge is 0.0558 e. The molecule has 1 nitrogen and oxygen atoms in total. The molecule has 1 saturated heterocycles. The van der Waals surface area contributed by atoms with Crippen molar-refractivity contribution in [3.05, 3.63) is 0 Å². The van der Waals surface area contributed by atoms with E-state index in [1.165, 1.54) is 47.4 Å². The number of hydrogen-bond donors (Lipinski definition) is 1. The maximum atomic E-state index is 9.25. The molecule has 1 rings (SSSR count). The van der Waals surface area contributed by atoms with Crippen molar-refractivity contribution in [3.63, 3.8) is 0 Å². The summed E-state index contributed by atoms with van der Waals surface area (Å²) in [6, 6.07) is 0. The fourth-order valence-corrected chi connectivity index (χ4v) is 6.08. The summed E-state index contributed by atoms with van der Waals surface area (Å²) in [5, 5.41) is 9.72. The van der Waals surface area contributed by atoms with Crippen molar-refractivity contribution >= 4 is 47.0 Å². The van der Waals surface area contributed by atoms with Gasteiger partial charge in [-0.3, -0.25) is 0 Å². The Kier molecular flexibility index (Phi) is 11.0. The van der Waals surface area contributed by atoms with Gasteiger partial charge in [-0.2, -0.15) is 47.0 Å². The molecule has 16 heavy (non-hydrogen) atoms. The van der Waals surface area contributed by atoms with E-state index in [0.717, 1.165) is 5.75 Å². The van der Waals surface area contributed by atoms with E-state index in [4.69, 9.17) is 0 Å². The number of aliphatic hydroxyl groups is 1. The van der Waals surface area contributed by atoms with Crippen LogP contribution in [0, 0.1) is 0 Å². The lowest BCUT2D eigenvalue weighted by Crippen LogP contribution is -2.13. The molecule has 1 heterocycles. The van der Waals surface area contributed by atoms with Crippen LogP contribution in [-0.2, 0) is 0 Å². The molecule has 0 aliphatic carbocycles. The summed E-state index contributed by atoms with van der Waals surface area (Å²) in [6.07, 6.45) is 2.62. The van der Waals surface area contributed by atoms with Gasteiger partial charge in [0, 0.05) is 22.5 Å². The molecule has 0 bridgehead atoms. The van der Waals surface area contributed by atoms with Gasteiger partial charge in [-0.05, 0) is 35.9 Å². The monoisotopic (exact) mass is 298 g/mol. The fraction of sp³-hybridized carbons (Fsp3) is 1.00. The molecule has 0 aromatic carbocycles. The largest absolute Gasteiger partial charge is 0.395 e. The lowest BCUT2D eigenvalue weighted by Gasteiger charge is -2.14. The van der Waals surface area contributed by atoms with Gasteiger partial charge < -0.3 is 5.11 Å². The molecule has 0 spiro atoms. The van der Waals surface area contributed by atoms with Crippen molar-refractivity contribution in [2.45, 2.75) is 18.1 Å². The number of thioether (sulfide) groups is 4. The van der Waals surface area contributed by atoms with Crippen LogP contribution in [0.25, 0.3) is 0 Å². The molecule has 0 saturated carbocycles. The fourth-order valence-electron chi connectivity index (χ4n) is 1.36. The van der Waals surface area contributed by atoms with Crippen molar-refractivity contribution in [2.75, 3.05) is 46.9 Å². The van der Waals surface area contributed by atoms with E-state index in [1.54, 1.807) is 0 Å². The first kappa shape index (κ1) is 15.4. The van der Waals surface area contributed by atoms with Gasteiger partial charge in [0.1, 0.15) is 0 Å². The highest BCUT2D eigenvalue weighted by Crippen LogP contribution is 2.20. The minimum atomic E-state index is 0.347. The highest BCUT2D eigenvalue weighted by molar-refractivity contribution is 8.04. The normalized spacial score (nSPS) is 27.2. The molecular formula is C11H22OS4. The van der Waals surface area contributed by atoms with Gasteiger partial charge in [-0.1, -0.05) is 0 Å². The first-order chi connectivity index (χ1) is 7.93. The average Bonchev–Trinajstić information content (AvgIpc) is 2.32. The van der Waals surface area contributed by atoms with Crippen molar-refractivity contribution in [1.82, 2.24) is 0 Å². The van der Waals surface area contributed by atoms with Crippen LogP contribution in [0.1, 0.15) is 12.8 Å². The Morgan fingerprint density at radius 3 is 2.12 bits per heavy atom. The van der Waals surface area contributed by atoms with Gasteiger partial charge in [0.25, 0.3) is 0 Å². The summed E-state index contributed by atoms with van der Waals surface area (Å²) < 4.78 is 0. The highest BCUT2D eigenvalue weighted by atomic mass is 32.2. The summed E-state index contributed by atoms with van der Waals surface area (Å²) in [4.78, 5) is 0. The third-order valence-corrected chi connectivity index (χ3v) is 7.38. The van der Waals surface area contributed by atoms with Crippen LogP contribution >= 0.6 is 47.0 Å². The van der Waals surface area contributed by atoms with Gasteiger partial charge in [0.15, 0.2) is 0 Å².